The van der Waals surface area contributed by atoms with E-state index in [4.69, 9.17) is 0 Å². The molecule has 0 aliphatic heterocycles. The first-order valence-electron chi connectivity index (χ1n) is 4.57. The van der Waals surface area contributed by atoms with Gasteiger partial charge in [0.2, 0.25) is 0 Å². The van der Waals surface area contributed by atoms with Crippen molar-refractivity contribution in [2.45, 2.75) is 39.4 Å². The third-order valence-corrected chi connectivity index (χ3v) is 2.14. The minimum absolute atomic E-state index is 0.927. The lowest BCUT2D eigenvalue weighted by Gasteiger charge is -2.01. The van der Waals surface area contributed by atoms with Crippen molar-refractivity contribution in [1.82, 2.24) is 0 Å². The Morgan fingerprint density at radius 3 is 2.50 bits per heavy atom. The van der Waals surface area contributed by atoms with Crippen molar-refractivity contribution in [3.05, 3.63) is 0 Å². The summed E-state index contributed by atoms with van der Waals surface area (Å²) in [5, 5.41) is 0. The molecule has 0 atom stereocenters. The van der Waals surface area contributed by atoms with Crippen LogP contribution in [0.1, 0.15) is 19.8 Å². The lowest BCUT2D eigenvalue weighted by molar-refractivity contribution is 0.811. The molecule has 0 saturated carbocycles. The second-order valence-electron chi connectivity index (χ2n) is 3.91. The van der Waals surface area contributed by atoms with Gasteiger partial charge in [-0.15, -0.1) is 5.54 Å². The second-order valence-corrected chi connectivity index (χ2v) is 8.66. The lowest BCUT2D eigenvalue weighted by Crippen LogP contribution is -2.16. The van der Waals surface area contributed by atoms with E-state index in [1.165, 1.54) is 12.8 Å². The maximum Gasteiger partial charge on any atom is 0.129 e. The summed E-state index contributed by atoms with van der Waals surface area (Å²) in [6.07, 6.45) is 4.14. The molecule has 12 heavy (non-hydrogen) atoms. The number of hydrogen-bond acceptors (Lipinski definition) is 1. The van der Waals surface area contributed by atoms with Crippen LogP contribution in [-0.2, 0) is 0 Å². The topological polar surface area (TPSA) is 12.4 Å². The molecule has 0 fully saturated rings. The largest absolute Gasteiger partial charge is 0.284 e. The van der Waals surface area contributed by atoms with E-state index in [-0.39, 0.29) is 0 Å². The van der Waals surface area contributed by atoms with E-state index in [2.05, 4.69) is 43.0 Å². The fraction of sp³-hybridized carbons (Fsp3) is 0.700. The van der Waals surface area contributed by atoms with Crippen LogP contribution in [0.4, 0.5) is 0 Å². The van der Waals surface area contributed by atoms with Gasteiger partial charge in [0.1, 0.15) is 8.07 Å². The number of rotatable bonds is 3. The number of hydrogen-bond donors (Lipinski definition) is 0. The van der Waals surface area contributed by atoms with Crippen LogP contribution in [-0.4, -0.2) is 20.8 Å². The molecule has 0 radical (unpaired) electrons. The van der Waals surface area contributed by atoms with Crippen LogP contribution in [0.2, 0.25) is 19.6 Å². The molecule has 0 N–H and O–H groups in total. The van der Waals surface area contributed by atoms with E-state index in [9.17, 15) is 0 Å². The molecule has 0 saturated heterocycles. The molecule has 2 heteroatoms. The van der Waals surface area contributed by atoms with Crippen LogP contribution >= 0.6 is 0 Å². The summed E-state index contributed by atoms with van der Waals surface area (Å²) in [5.41, 5.74) is 3.24. The third-order valence-electron chi connectivity index (χ3n) is 1.24. The van der Waals surface area contributed by atoms with E-state index in [0.29, 0.717) is 0 Å². The van der Waals surface area contributed by atoms with Crippen molar-refractivity contribution in [3.8, 4) is 11.5 Å². The van der Waals surface area contributed by atoms with E-state index < -0.39 is 8.07 Å². The van der Waals surface area contributed by atoms with Gasteiger partial charge in [0.05, 0.1) is 6.21 Å². The summed E-state index contributed by atoms with van der Waals surface area (Å²) in [6.45, 7) is 9.81. The Balaban J connectivity index is 3.63. The van der Waals surface area contributed by atoms with Crippen molar-refractivity contribution in [2.75, 3.05) is 6.54 Å². The first-order valence-corrected chi connectivity index (χ1v) is 8.07. The lowest BCUT2D eigenvalue weighted by atomic mass is 10.3. The van der Waals surface area contributed by atoms with E-state index in [0.717, 1.165) is 6.54 Å². The predicted octanol–water partition coefficient (Wildman–Crippen LogP) is 2.74. The molecular weight excluding hydrogens is 162 g/mol. The molecule has 1 nitrogen and oxygen atoms in total. The smallest absolute Gasteiger partial charge is 0.129 e. The Labute approximate surface area is 77.3 Å². The van der Waals surface area contributed by atoms with Gasteiger partial charge in [0, 0.05) is 6.54 Å². The van der Waals surface area contributed by atoms with Crippen molar-refractivity contribution in [2.24, 2.45) is 4.99 Å². The number of aliphatic imine (C=N–C) groups is 1. The molecule has 0 heterocycles. The molecular formula is C10H19NSi. The van der Waals surface area contributed by atoms with Gasteiger partial charge >= 0.3 is 0 Å². The Kier molecular flexibility index (Phi) is 5.74. The molecule has 0 aromatic carbocycles. The first kappa shape index (κ1) is 11.4. The van der Waals surface area contributed by atoms with Crippen molar-refractivity contribution in [3.63, 3.8) is 0 Å². The molecule has 0 aliphatic rings. The van der Waals surface area contributed by atoms with Gasteiger partial charge in [-0.25, -0.2) is 0 Å². The molecule has 0 amide bonds. The normalized spacial score (nSPS) is 11.3. The highest BCUT2D eigenvalue weighted by molar-refractivity contribution is 6.84. The van der Waals surface area contributed by atoms with Crippen LogP contribution in [0.25, 0.3) is 0 Å². The summed E-state index contributed by atoms with van der Waals surface area (Å²) in [7, 11) is -1.18. The Morgan fingerprint density at radius 2 is 2.00 bits per heavy atom. The van der Waals surface area contributed by atoms with E-state index >= 15 is 0 Å². The van der Waals surface area contributed by atoms with Gasteiger partial charge in [-0.05, 0) is 6.42 Å². The average Bonchev–Trinajstić information content (AvgIpc) is 1.94. The minimum Gasteiger partial charge on any atom is -0.284 e. The number of nitrogens with zero attached hydrogens (tertiary/aromatic N) is 1. The summed E-state index contributed by atoms with van der Waals surface area (Å²) >= 11 is 0. The van der Waals surface area contributed by atoms with Crippen LogP contribution in [0.5, 0.6) is 0 Å². The standard InChI is InChI=1S/C10H19NSi/c1-5-6-8-11-9-7-10-12(2,3)4/h9H,5-6,8H2,1-4H3. The monoisotopic (exact) mass is 181 g/mol. The third kappa shape index (κ3) is 9.45. The Hall–Kier alpha value is -0.553. The second kappa shape index (κ2) is 6.02. The molecule has 0 bridgehead atoms. The molecule has 0 aromatic heterocycles. The van der Waals surface area contributed by atoms with Gasteiger partial charge in [0.15, 0.2) is 0 Å². The van der Waals surface area contributed by atoms with Gasteiger partial charge in [-0.1, -0.05) is 38.9 Å². The zero-order chi connectivity index (χ0) is 9.45. The highest BCUT2D eigenvalue weighted by Crippen LogP contribution is 1.95. The van der Waals surface area contributed by atoms with Crippen LogP contribution in [0, 0.1) is 11.5 Å². The molecule has 0 aliphatic carbocycles. The van der Waals surface area contributed by atoms with Crippen LogP contribution in [0.3, 0.4) is 0 Å². The highest BCUT2D eigenvalue weighted by Gasteiger charge is 2.06. The summed E-state index contributed by atoms with van der Waals surface area (Å²) in [4.78, 5) is 4.19. The number of unbranched alkanes of at least 4 members (excludes halogenated alkanes) is 1. The average molecular weight is 181 g/mol. The van der Waals surface area contributed by atoms with Gasteiger partial charge in [0.25, 0.3) is 0 Å². The fourth-order valence-electron chi connectivity index (χ4n) is 0.608. The highest BCUT2D eigenvalue weighted by atomic mass is 28.3. The molecule has 68 valence electrons. The van der Waals surface area contributed by atoms with Crippen LogP contribution < -0.4 is 0 Å². The van der Waals surface area contributed by atoms with Crippen molar-refractivity contribution < 1.29 is 0 Å². The van der Waals surface area contributed by atoms with Gasteiger partial charge in [-0.2, -0.15) is 0 Å². The first-order chi connectivity index (χ1) is 5.56. The Bertz CT molecular complexity index is 190. The fourth-order valence-corrected chi connectivity index (χ4v) is 1.11. The zero-order valence-electron chi connectivity index (χ0n) is 8.65. The maximum atomic E-state index is 4.19. The summed E-state index contributed by atoms with van der Waals surface area (Å²) < 4.78 is 0. The van der Waals surface area contributed by atoms with Gasteiger partial charge in [-0.3, -0.25) is 4.99 Å². The van der Waals surface area contributed by atoms with Crippen molar-refractivity contribution >= 4 is 14.3 Å². The van der Waals surface area contributed by atoms with Crippen LogP contribution in [0.15, 0.2) is 4.99 Å². The van der Waals surface area contributed by atoms with Crippen molar-refractivity contribution in [1.29, 1.82) is 0 Å². The van der Waals surface area contributed by atoms with E-state index in [1.54, 1.807) is 6.21 Å². The Morgan fingerprint density at radius 1 is 1.33 bits per heavy atom. The quantitative estimate of drug-likeness (QED) is 0.275. The molecule has 0 spiro atoms. The summed E-state index contributed by atoms with van der Waals surface area (Å²) in [5.74, 6) is 3.00. The zero-order valence-corrected chi connectivity index (χ0v) is 9.65. The van der Waals surface area contributed by atoms with Gasteiger partial charge < -0.3 is 0 Å². The summed E-state index contributed by atoms with van der Waals surface area (Å²) in [6, 6.07) is 0. The van der Waals surface area contributed by atoms with E-state index in [1.807, 2.05) is 0 Å². The molecule has 0 unspecified atom stereocenters. The minimum atomic E-state index is -1.18. The SMILES string of the molecule is CCCCN=CC#C[Si](C)(C)C. The molecule has 0 rings (SSSR count). The molecule has 0 aromatic rings. The predicted molar refractivity (Wildman–Crippen MR) is 59.4 cm³/mol. The maximum absolute atomic E-state index is 4.19.